The zero-order chi connectivity index (χ0) is 15.3. The molecule has 0 saturated carbocycles. The Bertz CT molecular complexity index is 572. The van der Waals surface area contributed by atoms with Gasteiger partial charge < -0.3 is 10.0 Å². The van der Waals surface area contributed by atoms with E-state index in [0.717, 1.165) is 25.7 Å². The third-order valence-corrected chi connectivity index (χ3v) is 5.34. The van der Waals surface area contributed by atoms with E-state index in [4.69, 9.17) is 0 Å². The fourth-order valence-electron chi connectivity index (χ4n) is 2.49. The lowest BCUT2D eigenvalue weighted by molar-refractivity contribution is -0.128. The van der Waals surface area contributed by atoms with Crippen LogP contribution in [0.4, 0.5) is 0 Å². The highest BCUT2D eigenvalue weighted by Gasteiger charge is 2.23. The molecule has 21 heavy (non-hydrogen) atoms. The average Bonchev–Trinajstić information content (AvgIpc) is 2.37. The summed E-state index contributed by atoms with van der Waals surface area (Å²) in [4.78, 5) is 14.0. The van der Waals surface area contributed by atoms with Crippen molar-refractivity contribution in [1.29, 1.82) is 0 Å². The van der Waals surface area contributed by atoms with E-state index in [2.05, 4.69) is 0 Å². The predicted octanol–water partition coefficient (Wildman–Crippen LogP) is 1.96. The number of carbonyl (C=O) groups excluding carboxylic acids is 1. The van der Waals surface area contributed by atoms with E-state index in [1.165, 1.54) is 30.7 Å². The zero-order valence-electron chi connectivity index (χ0n) is 12.0. The molecule has 0 atom stereocenters. The summed E-state index contributed by atoms with van der Waals surface area (Å²) in [5.74, 6) is -0.827. The van der Waals surface area contributed by atoms with Crippen LogP contribution in [0, 0.1) is 0 Å². The maximum absolute atomic E-state index is 12.2. The van der Waals surface area contributed by atoms with Crippen LogP contribution in [0.3, 0.4) is 0 Å². The minimum Gasteiger partial charge on any atom is -0.508 e. The maximum atomic E-state index is 12.2. The molecule has 1 N–H and O–H groups in total. The van der Waals surface area contributed by atoms with Gasteiger partial charge in [0.25, 0.3) is 0 Å². The first-order valence-corrected chi connectivity index (χ1v) is 8.94. The van der Waals surface area contributed by atoms with Gasteiger partial charge in [0.05, 0.1) is 4.90 Å². The molecule has 5 nitrogen and oxygen atoms in total. The topological polar surface area (TPSA) is 74.7 Å². The third-order valence-electron chi connectivity index (χ3n) is 3.72. The molecule has 1 aliphatic rings. The quantitative estimate of drug-likeness (QED) is 0.926. The number of amides is 1. The van der Waals surface area contributed by atoms with Crippen LogP contribution in [0.15, 0.2) is 29.2 Å². The molecule has 116 valence electrons. The number of benzene rings is 1. The van der Waals surface area contributed by atoms with Crippen LogP contribution in [-0.2, 0) is 14.6 Å². The smallest absolute Gasteiger partial charge is 0.238 e. The average molecular weight is 311 g/mol. The van der Waals surface area contributed by atoms with Gasteiger partial charge in [-0.05, 0) is 37.1 Å². The molecule has 0 aliphatic carbocycles. The Morgan fingerprint density at radius 2 is 1.52 bits per heavy atom. The summed E-state index contributed by atoms with van der Waals surface area (Å²) in [6, 6.07) is 5.28. The van der Waals surface area contributed by atoms with Crippen molar-refractivity contribution in [3.8, 4) is 5.75 Å². The summed E-state index contributed by atoms with van der Waals surface area (Å²) in [6.07, 6.45) is 5.24. The Balaban J connectivity index is 2.04. The fourth-order valence-corrected chi connectivity index (χ4v) is 3.71. The Labute approximate surface area is 125 Å². The number of phenols is 1. The summed E-state index contributed by atoms with van der Waals surface area (Å²) in [5, 5.41) is 9.20. The lowest BCUT2D eigenvalue weighted by atomic mass is 10.1. The molecule has 0 radical (unpaired) electrons. The molecule has 0 unspecified atom stereocenters. The monoisotopic (exact) mass is 311 g/mol. The van der Waals surface area contributed by atoms with Gasteiger partial charge in [-0.15, -0.1) is 0 Å². The molecule has 1 aromatic carbocycles. The molecular weight excluding hydrogens is 290 g/mol. The van der Waals surface area contributed by atoms with Crippen LogP contribution in [0.5, 0.6) is 5.75 Å². The van der Waals surface area contributed by atoms with Gasteiger partial charge in [-0.1, -0.05) is 19.3 Å². The molecule has 6 heteroatoms. The number of nitrogens with zero attached hydrogens (tertiary/aromatic N) is 1. The lowest BCUT2D eigenvalue weighted by Gasteiger charge is -2.24. The molecule has 1 amide bonds. The van der Waals surface area contributed by atoms with E-state index in [0.29, 0.717) is 13.1 Å². The molecule has 1 aliphatic heterocycles. The highest BCUT2D eigenvalue weighted by atomic mass is 32.2. The SMILES string of the molecule is O=C(CS(=O)(=O)c1ccc(O)cc1)N1CCCCCCC1. The molecular formula is C15H21NO4S. The number of carbonyl (C=O) groups is 1. The minimum absolute atomic E-state index is 0.00375. The van der Waals surface area contributed by atoms with E-state index in [-0.39, 0.29) is 16.6 Å². The van der Waals surface area contributed by atoms with Crippen molar-refractivity contribution in [2.75, 3.05) is 18.8 Å². The number of rotatable bonds is 3. The van der Waals surface area contributed by atoms with Crippen LogP contribution in [0.1, 0.15) is 32.1 Å². The van der Waals surface area contributed by atoms with Crippen LogP contribution in [-0.4, -0.2) is 43.2 Å². The third kappa shape index (κ3) is 4.46. The summed E-state index contributed by atoms with van der Waals surface area (Å²) in [7, 11) is -3.65. The van der Waals surface area contributed by atoms with Gasteiger partial charge in [-0.2, -0.15) is 0 Å². The second-order valence-electron chi connectivity index (χ2n) is 5.40. The van der Waals surface area contributed by atoms with Crippen LogP contribution in [0.2, 0.25) is 0 Å². The fraction of sp³-hybridized carbons (Fsp3) is 0.533. The van der Waals surface area contributed by atoms with Crippen molar-refractivity contribution in [3.05, 3.63) is 24.3 Å². The highest BCUT2D eigenvalue weighted by Crippen LogP contribution is 2.17. The number of hydrogen-bond acceptors (Lipinski definition) is 4. The van der Waals surface area contributed by atoms with Gasteiger partial charge in [0.1, 0.15) is 11.5 Å². The zero-order valence-corrected chi connectivity index (χ0v) is 12.8. The molecule has 1 fully saturated rings. The largest absolute Gasteiger partial charge is 0.508 e. The van der Waals surface area contributed by atoms with E-state index in [1.54, 1.807) is 4.90 Å². The molecule has 0 aromatic heterocycles. The molecule has 0 bridgehead atoms. The van der Waals surface area contributed by atoms with Crippen LogP contribution >= 0.6 is 0 Å². The second kappa shape index (κ2) is 6.93. The van der Waals surface area contributed by atoms with Gasteiger partial charge in [0, 0.05) is 13.1 Å². The van der Waals surface area contributed by atoms with Gasteiger partial charge in [-0.3, -0.25) is 4.79 Å². The Kier molecular flexibility index (Phi) is 5.22. The van der Waals surface area contributed by atoms with E-state index >= 15 is 0 Å². The number of hydrogen-bond donors (Lipinski definition) is 1. The Hall–Kier alpha value is -1.56. The van der Waals surface area contributed by atoms with Gasteiger partial charge in [0.2, 0.25) is 5.91 Å². The maximum Gasteiger partial charge on any atom is 0.238 e. The van der Waals surface area contributed by atoms with Crippen molar-refractivity contribution in [3.63, 3.8) is 0 Å². The highest BCUT2D eigenvalue weighted by molar-refractivity contribution is 7.92. The molecule has 1 saturated heterocycles. The first-order chi connectivity index (χ1) is 9.99. The van der Waals surface area contributed by atoms with Crippen molar-refractivity contribution in [2.45, 2.75) is 37.0 Å². The van der Waals surface area contributed by atoms with Crippen molar-refractivity contribution >= 4 is 15.7 Å². The molecule has 2 rings (SSSR count). The summed E-state index contributed by atoms with van der Waals surface area (Å²) < 4.78 is 24.4. The van der Waals surface area contributed by atoms with Gasteiger partial charge in [-0.25, -0.2) is 8.42 Å². The number of phenolic OH excluding ortho intramolecular Hbond substituents is 1. The first kappa shape index (κ1) is 15.8. The predicted molar refractivity (Wildman–Crippen MR) is 79.8 cm³/mol. The Morgan fingerprint density at radius 3 is 2.10 bits per heavy atom. The molecule has 1 heterocycles. The first-order valence-electron chi connectivity index (χ1n) is 7.28. The lowest BCUT2D eigenvalue weighted by Crippen LogP contribution is -2.37. The summed E-state index contributed by atoms with van der Waals surface area (Å²) in [5.41, 5.74) is 0. The normalized spacial score (nSPS) is 17.0. The summed E-state index contributed by atoms with van der Waals surface area (Å²) in [6.45, 7) is 1.29. The second-order valence-corrected chi connectivity index (χ2v) is 7.39. The van der Waals surface area contributed by atoms with Gasteiger partial charge in [0.15, 0.2) is 9.84 Å². The van der Waals surface area contributed by atoms with Gasteiger partial charge >= 0.3 is 0 Å². The standard InChI is InChI=1S/C15H21NO4S/c17-13-6-8-14(9-7-13)21(19,20)12-15(18)16-10-4-2-1-3-5-11-16/h6-9,17H,1-5,10-12H2. The van der Waals surface area contributed by atoms with Crippen molar-refractivity contribution in [2.24, 2.45) is 0 Å². The van der Waals surface area contributed by atoms with Crippen molar-refractivity contribution in [1.82, 2.24) is 4.90 Å². The van der Waals surface area contributed by atoms with Crippen molar-refractivity contribution < 1.29 is 18.3 Å². The van der Waals surface area contributed by atoms with Crippen LogP contribution < -0.4 is 0 Å². The minimum atomic E-state index is -3.65. The number of sulfone groups is 1. The van der Waals surface area contributed by atoms with E-state index < -0.39 is 15.6 Å². The molecule has 1 aromatic rings. The van der Waals surface area contributed by atoms with E-state index in [9.17, 15) is 18.3 Å². The van der Waals surface area contributed by atoms with Crippen LogP contribution in [0.25, 0.3) is 0 Å². The number of aromatic hydroxyl groups is 1. The molecule has 0 spiro atoms. The number of likely N-dealkylation sites (tertiary alicyclic amines) is 1. The summed E-state index contributed by atoms with van der Waals surface area (Å²) >= 11 is 0. The van der Waals surface area contributed by atoms with E-state index in [1.807, 2.05) is 0 Å². The Morgan fingerprint density at radius 1 is 1.00 bits per heavy atom.